The van der Waals surface area contributed by atoms with Gasteiger partial charge in [-0.25, -0.2) is 0 Å². The molecule has 3 N–H and O–H groups in total. The van der Waals surface area contributed by atoms with E-state index in [9.17, 15) is 9.59 Å². The Hall–Kier alpha value is -1.10. The number of nitrogens with zero attached hydrogens (tertiary/aromatic N) is 1. The molecule has 0 unspecified atom stereocenters. The van der Waals surface area contributed by atoms with Crippen LogP contribution in [0.5, 0.6) is 0 Å². The molecule has 0 aliphatic carbocycles. The molecule has 0 saturated heterocycles. The van der Waals surface area contributed by atoms with Crippen molar-refractivity contribution in [3.05, 3.63) is 0 Å². The van der Waals surface area contributed by atoms with E-state index in [0.717, 1.165) is 0 Å². The minimum Gasteiger partial charge on any atom is -0.354 e. The molecule has 0 aromatic carbocycles. The molecule has 0 saturated carbocycles. The molecule has 0 bridgehead atoms. The number of likely N-dealkylation sites (N-methyl/N-ethyl adjacent to an activating group) is 1. The third-order valence-electron chi connectivity index (χ3n) is 3.12. The van der Waals surface area contributed by atoms with Crippen molar-refractivity contribution in [1.29, 1.82) is 0 Å². The van der Waals surface area contributed by atoms with Gasteiger partial charge in [0, 0.05) is 13.6 Å². The number of carbonyl (C=O) groups is 2. The maximum Gasteiger partial charge on any atom is 0.242 e. The Morgan fingerprint density at radius 1 is 1.28 bits per heavy atom. The van der Waals surface area contributed by atoms with E-state index in [2.05, 4.69) is 5.32 Å². The molecule has 0 fully saturated rings. The highest BCUT2D eigenvalue weighted by atomic mass is 16.2. The summed E-state index contributed by atoms with van der Waals surface area (Å²) in [7, 11) is 1.62. The lowest BCUT2D eigenvalue weighted by Gasteiger charge is -2.30. The Labute approximate surface area is 110 Å². The molecule has 5 nitrogen and oxygen atoms in total. The Morgan fingerprint density at radius 2 is 1.78 bits per heavy atom. The average Bonchev–Trinajstić information content (AvgIpc) is 2.34. The fraction of sp³-hybridized carbons (Fsp3) is 0.846. The number of nitrogens with two attached hydrogens (primary N) is 1. The molecule has 0 rings (SSSR count). The fourth-order valence-electron chi connectivity index (χ4n) is 1.59. The van der Waals surface area contributed by atoms with Crippen molar-refractivity contribution in [2.45, 2.75) is 46.1 Å². The predicted molar refractivity (Wildman–Crippen MR) is 73.0 cm³/mol. The van der Waals surface area contributed by atoms with Crippen molar-refractivity contribution < 1.29 is 9.59 Å². The van der Waals surface area contributed by atoms with Crippen LogP contribution in [-0.2, 0) is 9.59 Å². The van der Waals surface area contributed by atoms with Crippen LogP contribution in [0.1, 0.15) is 40.5 Å². The summed E-state index contributed by atoms with van der Waals surface area (Å²) in [6.07, 6.45) is 1.14. The molecule has 2 amide bonds. The zero-order chi connectivity index (χ0) is 14.3. The van der Waals surface area contributed by atoms with Gasteiger partial charge in [-0.2, -0.15) is 0 Å². The molecule has 0 heterocycles. The normalized spacial score (nSPS) is 11.5. The first-order valence-electron chi connectivity index (χ1n) is 6.58. The molecular formula is C13H27N3O2. The van der Waals surface area contributed by atoms with Crippen LogP contribution < -0.4 is 11.1 Å². The maximum atomic E-state index is 12.1. The van der Waals surface area contributed by atoms with Crippen LogP contribution in [-0.4, -0.2) is 42.4 Å². The molecule has 0 aliphatic rings. The van der Waals surface area contributed by atoms with Gasteiger partial charge in [-0.1, -0.05) is 27.7 Å². The smallest absolute Gasteiger partial charge is 0.242 e. The Kier molecular flexibility index (Phi) is 6.91. The minimum atomic E-state index is -0.854. The van der Waals surface area contributed by atoms with Crippen LogP contribution in [0.4, 0.5) is 0 Å². The van der Waals surface area contributed by atoms with Gasteiger partial charge in [0.25, 0.3) is 0 Å². The third-order valence-corrected chi connectivity index (χ3v) is 3.12. The van der Waals surface area contributed by atoms with Gasteiger partial charge in [0.2, 0.25) is 11.8 Å². The number of carbonyl (C=O) groups excluding carboxylic acids is 2. The van der Waals surface area contributed by atoms with E-state index < -0.39 is 5.54 Å². The first kappa shape index (κ1) is 16.9. The first-order valence-corrected chi connectivity index (χ1v) is 6.58. The zero-order valence-corrected chi connectivity index (χ0v) is 12.2. The number of nitrogens with one attached hydrogen (secondary N) is 1. The summed E-state index contributed by atoms with van der Waals surface area (Å²) in [6.45, 7) is 8.49. The monoisotopic (exact) mass is 257 g/mol. The second-order valence-corrected chi connectivity index (χ2v) is 5.22. The largest absolute Gasteiger partial charge is 0.354 e. The molecule has 0 spiro atoms. The summed E-state index contributed by atoms with van der Waals surface area (Å²) < 4.78 is 0. The number of rotatable bonds is 7. The summed E-state index contributed by atoms with van der Waals surface area (Å²) in [5.74, 6) is 0.0798. The highest BCUT2D eigenvalue weighted by Gasteiger charge is 2.33. The van der Waals surface area contributed by atoms with Crippen molar-refractivity contribution in [2.75, 3.05) is 20.1 Å². The van der Waals surface area contributed by atoms with Crippen molar-refractivity contribution in [2.24, 2.45) is 11.7 Å². The first-order chi connectivity index (χ1) is 8.26. The summed E-state index contributed by atoms with van der Waals surface area (Å²) in [5, 5.41) is 2.78. The van der Waals surface area contributed by atoms with Crippen LogP contribution in [0, 0.1) is 5.92 Å². The van der Waals surface area contributed by atoms with E-state index in [0.29, 0.717) is 25.3 Å². The molecule has 0 atom stereocenters. The average molecular weight is 257 g/mol. The number of hydrogen-bond donors (Lipinski definition) is 2. The Morgan fingerprint density at radius 3 is 2.17 bits per heavy atom. The van der Waals surface area contributed by atoms with E-state index in [1.807, 2.05) is 27.7 Å². The quantitative estimate of drug-likeness (QED) is 0.706. The van der Waals surface area contributed by atoms with E-state index in [1.165, 1.54) is 4.90 Å². The Bertz CT molecular complexity index is 286. The predicted octanol–water partition coefficient (Wildman–Crippen LogP) is 0.734. The van der Waals surface area contributed by atoms with E-state index in [1.54, 1.807) is 7.05 Å². The second-order valence-electron chi connectivity index (χ2n) is 5.22. The van der Waals surface area contributed by atoms with Crippen LogP contribution in [0.15, 0.2) is 0 Å². The SMILES string of the molecule is CCC(N)(CC)C(=O)N(C)CC(=O)NCC(C)C. The van der Waals surface area contributed by atoms with E-state index in [-0.39, 0.29) is 18.4 Å². The van der Waals surface area contributed by atoms with Crippen LogP contribution in [0.25, 0.3) is 0 Å². The zero-order valence-electron chi connectivity index (χ0n) is 12.2. The molecule has 0 aromatic rings. The highest BCUT2D eigenvalue weighted by molar-refractivity contribution is 5.89. The fourth-order valence-corrected chi connectivity index (χ4v) is 1.59. The molecule has 0 aliphatic heterocycles. The van der Waals surface area contributed by atoms with Crippen molar-refractivity contribution in [3.8, 4) is 0 Å². The van der Waals surface area contributed by atoms with Gasteiger partial charge >= 0.3 is 0 Å². The molecule has 0 aromatic heterocycles. The summed E-state index contributed by atoms with van der Waals surface area (Å²) in [5.41, 5.74) is 5.16. The lowest BCUT2D eigenvalue weighted by Crippen LogP contribution is -2.55. The topological polar surface area (TPSA) is 75.4 Å². The molecule has 0 radical (unpaired) electrons. The van der Waals surface area contributed by atoms with Crippen LogP contribution >= 0.6 is 0 Å². The molecule has 18 heavy (non-hydrogen) atoms. The minimum absolute atomic E-state index is 0.0600. The summed E-state index contributed by atoms with van der Waals surface area (Å²) >= 11 is 0. The maximum absolute atomic E-state index is 12.1. The van der Waals surface area contributed by atoms with Crippen molar-refractivity contribution in [1.82, 2.24) is 10.2 Å². The molecule has 106 valence electrons. The lowest BCUT2D eigenvalue weighted by molar-refractivity contribution is -0.139. The van der Waals surface area contributed by atoms with Crippen LogP contribution in [0.2, 0.25) is 0 Å². The second kappa shape index (κ2) is 7.36. The van der Waals surface area contributed by atoms with Gasteiger partial charge in [-0.3, -0.25) is 9.59 Å². The number of hydrogen-bond acceptors (Lipinski definition) is 3. The standard InChI is InChI=1S/C13H27N3O2/c1-6-13(14,7-2)12(18)16(5)9-11(17)15-8-10(3)4/h10H,6-9,14H2,1-5H3,(H,15,17). The van der Waals surface area contributed by atoms with Crippen molar-refractivity contribution in [3.63, 3.8) is 0 Å². The highest BCUT2D eigenvalue weighted by Crippen LogP contribution is 2.14. The Balaban J connectivity index is 4.36. The van der Waals surface area contributed by atoms with E-state index >= 15 is 0 Å². The number of amides is 2. The van der Waals surface area contributed by atoms with Gasteiger partial charge in [0.05, 0.1) is 12.1 Å². The third kappa shape index (κ3) is 5.04. The van der Waals surface area contributed by atoms with Gasteiger partial charge in [-0.05, 0) is 18.8 Å². The molecule has 5 heteroatoms. The van der Waals surface area contributed by atoms with Gasteiger partial charge in [0.1, 0.15) is 0 Å². The summed E-state index contributed by atoms with van der Waals surface area (Å²) in [6, 6.07) is 0. The van der Waals surface area contributed by atoms with E-state index in [4.69, 9.17) is 5.73 Å². The van der Waals surface area contributed by atoms with Gasteiger partial charge in [-0.15, -0.1) is 0 Å². The molecular weight excluding hydrogens is 230 g/mol. The van der Waals surface area contributed by atoms with Gasteiger partial charge < -0.3 is 16.0 Å². The van der Waals surface area contributed by atoms with Gasteiger partial charge in [0.15, 0.2) is 0 Å². The lowest BCUT2D eigenvalue weighted by atomic mass is 9.92. The van der Waals surface area contributed by atoms with Crippen molar-refractivity contribution >= 4 is 11.8 Å². The summed E-state index contributed by atoms with van der Waals surface area (Å²) in [4.78, 5) is 25.1. The van der Waals surface area contributed by atoms with Crippen LogP contribution in [0.3, 0.4) is 0 Å².